The Morgan fingerprint density at radius 2 is 2.31 bits per heavy atom. The van der Waals surface area contributed by atoms with Crippen LogP contribution in [-0.4, -0.2) is 41.4 Å². The number of alkyl halides is 1. The fraction of sp³-hybridized carbons (Fsp3) is 1.00. The number of thioether (sulfide) groups is 1. The molecule has 2 fully saturated rings. The first-order chi connectivity index (χ1) is 6.26. The Balaban J connectivity index is 1.80. The highest BCUT2D eigenvalue weighted by atomic mass is 79.9. The summed E-state index contributed by atoms with van der Waals surface area (Å²) >= 11 is 5.75. The Morgan fingerprint density at radius 1 is 1.54 bits per heavy atom. The molecule has 1 nitrogen and oxygen atoms in total. The molecule has 0 aromatic heterocycles. The predicted octanol–water partition coefficient (Wildman–Crippen LogP) is 2.60. The van der Waals surface area contributed by atoms with Crippen molar-refractivity contribution in [2.45, 2.75) is 25.3 Å². The summed E-state index contributed by atoms with van der Waals surface area (Å²) in [5.74, 6) is 2.73. The third-order valence-corrected chi connectivity index (χ3v) is 5.69. The molecule has 1 atom stereocenters. The van der Waals surface area contributed by atoms with Crippen molar-refractivity contribution in [1.29, 1.82) is 0 Å². The zero-order chi connectivity index (χ0) is 9.31. The summed E-state index contributed by atoms with van der Waals surface area (Å²) in [6.07, 6.45) is 4.27. The molecule has 2 aliphatic rings. The molecule has 0 amide bonds. The van der Waals surface area contributed by atoms with Crippen molar-refractivity contribution < 1.29 is 0 Å². The Morgan fingerprint density at radius 3 is 2.77 bits per heavy atom. The molecule has 0 spiro atoms. The van der Waals surface area contributed by atoms with Crippen molar-refractivity contribution in [2.75, 3.05) is 30.4 Å². The third-order valence-electron chi connectivity index (χ3n) is 3.35. The highest BCUT2D eigenvalue weighted by molar-refractivity contribution is 9.09. The van der Waals surface area contributed by atoms with E-state index >= 15 is 0 Å². The van der Waals surface area contributed by atoms with E-state index in [0.717, 1.165) is 6.04 Å². The molecule has 1 unspecified atom stereocenters. The van der Waals surface area contributed by atoms with Gasteiger partial charge in [0.25, 0.3) is 0 Å². The molecule has 1 aliphatic heterocycles. The van der Waals surface area contributed by atoms with E-state index in [1.54, 1.807) is 0 Å². The van der Waals surface area contributed by atoms with Crippen molar-refractivity contribution >= 4 is 27.7 Å². The Hall–Kier alpha value is 0.790. The van der Waals surface area contributed by atoms with E-state index in [1.165, 1.54) is 42.6 Å². The molecule has 0 aromatic carbocycles. The second-order valence-electron chi connectivity index (χ2n) is 4.57. The summed E-state index contributed by atoms with van der Waals surface area (Å²) in [5.41, 5.74) is 0.655. The minimum atomic E-state index is 0.655. The molecular formula is C10H18BrNS. The molecule has 1 saturated carbocycles. The molecule has 13 heavy (non-hydrogen) atoms. The fourth-order valence-corrected chi connectivity index (χ4v) is 4.08. The summed E-state index contributed by atoms with van der Waals surface area (Å²) in [7, 11) is 2.30. The van der Waals surface area contributed by atoms with Gasteiger partial charge in [-0.3, -0.25) is 0 Å². The van der Waals surface area contributed by atoms with Gasteiger partial charge in [0.1, 0.15) is 0 Å². The van der Waals surface area contributed by atoms with E-state index in [2.05, 4.69) is 39.6 Å². The first-order valence-electron chi connectivity index (χ1n) is 5.10. The van der Waals surface area contributed by atoms with Gasteiger partial charge in [0.15, 0.2) is 0 Å². The second kappa shape index (κ2) is 4.11. The van der Waals surface area contributed by atoms with Crippen LogP contribution >= 0.6 is 27.7 Å². The maximum absolute atomic E-state index is 3.64. The van der Waals surface area contributed by atoms with Crippen LogP contribution < -0.4 is 0 Å². The Labute approximate surface area is 93.8 Å². The lowest BCUT2D eigenvalue weighted by Gasteiger charge is -2.27. The summed E-state index contributed by atoms with van der Waals surface area (Å²) in [6, 6.07) is 0.863. The van der Waals surface area contributed by atoms with Crippen LogP contribution in [0, 0.1) is 5.41 Å². The van der Waals surface area contributed by atoms with E-state index in [4.69, 9.17) is 0 Å². The van der Waals surface area contributed by atoms with Crippen LogP contribution in [0.4, 0.5) is 0 Å². The fourth-order valence-electron chi connectivity index (χ4n) is 2.04. The molecule has 0 aromatic rings. The lowest BCUT2D eigenvalue weighted by atomic mass is 10.1. The van der Waals surface area contributed by atoms with Crippen molar-refractivity contribution in [3.8, 4) is 0 Å². The van der Waals surface area contributed by atoms with Gasteiger partial charge in [0.05, 0.1) is 0 Å². The number of hydrogen-bond acceptors (Lipinski definition) is 2. The van der Waals surface area contributed by atoms with Crippen molar-refractivity contribution in [3.63, 3.8) is 0 Å². The first-order valence-corrected chi connectivity index (χ1v) is 7.37. The minimum Gasteiger partial charge on any atom is -0.302 e. The van der Waals surface area contributed by atoms with Crippen LogP contribution in [-0.2, 0) is 0 Å². The van der Waals surface area contributed by atoms with E-state index in [9.17, 15) is 0 Å². The van der Waals surface area contributed by atoms with E-state index in [1.807, 2.05) is 0 Å². The average molecular weight is 264 g/mol. The lowest BCUT2D eigenvalue weighted by molar-refractivity contribution is 0.222. The Bertz CT molecular complexity index is 176. The zero-order valence-electron chi connectivity index (χ0n) is 8.26. The molecule has 1 aliphatic carbocycles. The third kappa shape index (κ3) is 2.42. The molecule has 76 valence electrons. The molecule has 3 heteroatoms. The number of halogens is 1. The summed E-state index contributed by atoms with van der Waals surface area (Å²) in [6.45, 7) is 1.31. The molecular weight excluding hydrogens is 246 g/mol. The van der Waals surface area contributed by atoms with Gasteiger partial charge in [-0.15, -0.1) is 0 Å². The van der Waals surface area contributed by atoms with E-state index < -0.39 is 0 Å². The normalized spacial score (nSPS) is 31.2. The van der Waals surface area contributed by atoms with Crippen LogP contribution in [0.5, 0.6) is 0 Å². The van der Waals surface area contributed by atoms with Gasteiger partial charge in [0.2, 0.25) is 0 Å². The van der Waals surface area contributed by atoms with Crippen molar-refractivity contribution in [2.24, 2.45) is 5.41 Å². The number of hydrogen-bond donors (Lipinski definition) is 0. The second-order valence-corrected chi connectivity index (χ2v) is 6.28. The van der Waals surface area contributed by atoms with E-state index in [0.29, 0.717) is 5.41 Å². The van der Waals surface area contributed by atoms with Gasteiger partial charge in [-0.1, -0.05) is 15.9 Å². The lowest BCUT2D eigenvalue weighted by Crippen LogP contribution is -2.36. The van der Waals surface area contributed by atoms with Gasteiger partial charge in [-0.05, 0) is 37.5 Å². The highest BCUT2D eigenvalue weighted by Crippen LogP contribution is 2.48. The van der Waals surface area contributed by atoms with Crippen molar-refractivity contribution in [1.82, 2.24) is 4.90 Å². The molecule has 1 heterocycles. The standard InChI is InChI=1S/C10H18BrNS/c1-12(9-2-5-13-6-9)8-10(7-11)3-4-10/h9H,2-8H2,1H3. The van der Waals surface area contributed by atoms with Crippen LogP contribution in [0.3, 0.4) is 0 Å². The maximum atomic E-state index is 3.64. The van der Waals surface area contributed by atoms with Crippen LogP contribution in [0.25, 0.3) is 0 Å². The molecule has 2 rings (SSSR count). The summed E-state index contributed by atoms with van der Waals surface area (Å²) in [4.78, 5) is 2.59. The average Bonchev–Trinajstić information content (AvgIpc) is 2.69. The largest absolute Gasteiger partial charge is 0.302 e. The molecule has 0 bridgehead atoms. The van der Waals surface area contributed by atoms with Crippen molar-refractivity contribution in [3.05, 3.63) is 0 Å². The molecule has 1 saturated heterocycles. The number of rotatable bonds is 4. The Kier molecular flexibility index (Phi) is 3.26. The van der Waals surface area contributed by atoms with Gasteiger partial charge >= 0.3 is 0 Å². The molecule has 0 N–H and O–H groups in total. The SMILES string of the molecule is CN(CC1(CBr)CC1)C1CCSC1. The number of nitrogens with zero attached hydrogens (tertiary/aromatic N) is 1. The minimum absolute atomic E-state index is 0.655. The quantitative estimate of drug-likeness (QED) is 0.718. The smallest absolute Gasteiger partial charge is 0.0191 e. The van der Waals surface area contributed by atoms with Crippen LogP contribution in [0.1, 0.15) is 19.3 Å². The van der Waals surface area contributed by atoms with Crippen LogP contribution in [0.2, 0.25) is 0 Å². The van der Waals surface area contributed by atoms with Crippen LogP contribution in [0.15, 0.2) is 0 Å². The first kappa shape index (κ1) is 10.3. The predicted molar refractivity (Wildman–Crippen MR) is 63.8 cm³/mol. The topological polar surface area (TPSA) is 3.24 Å². The van der Waals surface area contributed by atoms with Gasteiger partial charge < -0.3 is 4.90 Å². The van der Waals surface area contributed by atoms with Gasteiger partial charge in [-0.25, -0.2) is 0 Å². The monoisotopic (exact) mass is 263 g/mol. The van der Waals surface area contributed by atoms with Gasteiger partial charge in [0, 0.05) is 23.7 Å². The summed E-state index contributed by atoms with van der Waals surface area (Å²) in [5, 5.41) is 1.20. The van der Waals surface area contributed by atoms with Gasteiger partial charge in [-0.2, -0.15) is 11.8 Å². The van der Waals surface area contributed by atoms with E-state index in [-0.39, 0.29) is 0 Å². The maximum Gasteiger partial charge on any atom is 0.0191 e. The highest BCUT2D eigenvalue weighted by Gasteiger charge is 2.43. The zero-order valence-corrected chi connectivity index (χ0v) is 10.7. The molecule has 0 radical (unpaired) electrons. The summed E-state index contributed by atoms with van der Waals surface area (Å²) < 4.78 is 0.